The second-order valence-electron chi connectivity index (χ2n) is 4.49. The number of rotatable bonds is 4. The maximum atomic E-state index is 13.1. The van der Waals surface area contributed by atoms with Crippen molar-refractivity contribution in [2.45, 2.75) is 13.0 Å². The molecule has 2 aromatic rings. The minimum atomic E-state index is -0.725. The molecule has 0 heterocycles. The Labute approximate surface area is 121 Å². The van der Waals surface area contributed by atoms with Crippen LogP contribution >= 0.6 is 11.6 Å². The van der Waals surface area contributed by atoms with E-state index in [9.17, 15) is 9.18 Å². The molecule has 3 N–H and O–H groups in total. The van der Waals surface area contributed by atoms with Gasteiger partial charge in [0.15, 0.2) is 0 Å². The van der Waals surface area contributed by atoms with Gasteiger partial charge in [-0.25, -0.2) is 4.39 Å². The molecule has 0 aliphatic carbocycles. The van der Waals surface area contributed by atoms with Gasteiger partial charge in [0.25, 0.3) is 0 Å². The van der Waals surface area contributed by atoms with Crippen molar-refractivity contribution in [1.29, 1.82) is 0 Å². The maximum absolute atomic E-state index is 13.1. The Balaban J connectivity index is 2.31. The first-order valence-electron chi connectivity index (χ1n) is 6.05. The third-order valence-corrected chi connectivity index (χ3v) is 3.23. The van der Waals surface area contributed by atoms with Gasteiger partial charge in [0.1, 0.15) is 11.9 Å². The van der Waals surface area contributed by atoms with Gasteiger partial charge in [0.2, 0.25) is 5.91 Å². The van der Waals surface area contributed by atoms with Crippen molar-refractivity contribution in [1.82, 2.24) is 0 Å². The van der Waals surface area contributed by atoms with Crippen LogP contribution in [0.3, 0.4) is 0 Å². The molecule has 0 aliphatic rings. The first-order valence-corrected chi connectivity index (χ1v) is 6.42. The zero-order valence-corrected chi connectivity index (χ0v) is 11.6. The predicted octanol–water partition coefficient (Wildman–Crippen LogP) is 3.43. The molecule has 2 aromatic carbocycles. The normalized spacial score (nSPS) is 11.9. The minimum Gasteiger partial charge on any atom is -0.370 e. The monoisotopic (exact) mass is 292 g/mol. The van der Waals surface area contributed by atoms with Crippen LogP contribution in [0, 0.1) is 12.7 Å². The van der Waals surface area contributed by atoms with Crippen LogP contribution in [0.1, 0.15) is 17.2 Å². The van der Waals surface area contributed by atoms with E-state index in [4.69, 9.17) is 17.3 Å². The number of nitrogens with two attached hydrogens (primary N) is 1. The Hall–Kier alpha value is -2.07. The van der Waals surface area contributed by atoms with Crippen molar-refractivity contribution in [2.75, 3.05) is 5.32 Å². The van der Waals surface area contributed by atoms with Crippen LogP contribution < -0.4 is 11.1 Å². The molecule has 20 heavy (non-hydrogen) atoms. The molecule has 3 nitrogen and oxygen atoms in total. The van der Waals surface area contributed by atoms with Gasteiger partial charge in [-0.05, 0) is 54.4 Å². The largest absolute Gasteiger partial charge is 0.370 e. The Morgan fingerprint density at radius 1 is 1.25 bits per heavy atom. The Morgan fingerprint density at radius 2 is 1.90 bits per heavy atom. The summed E-state index contributed by atoms with van der Waals surface area (Å²) in [6.07, 6.45) is 0. The number of primary amides is 1. The lowest BCUT2D eigenvalue weighted by Gasteiger charge is -2.19. The van der Waals surface area contributed by atoms with Crippen molar-refractivity contribution < 1.29 is 9.18 Å². The van der Waals surface area contributed by atoms with Crippen molar-refractivity contribution in [2.24, 2.45) is 5.73 Å². The summed E-state index contributed by atoms with van der Waals surface area (Å²) in [4.78, 5) is 11.6. The average molecular weight is 293 g/mol. The summed E-state index contributed by atoms with van der Waals surface area (Å²) in [6, 6.07) is 10.4. The molecular formula is C15H14ClFN2O. The minimum absolute atomic E-state index is 0.346. The lowest BCUT2D eigenvalue weighted by molar-refractivity contribution is -0.118. The number of carbonyl (C=O) groups is 1. The van der Waals surface area contributed by atoms with Crippen molar-refractivity contribution in [3.8, 4) is 0 Å². The number of aryl methyl sites for hydroxylation is 1. The van der Waals surface area contributed by atoms with Gasteiger partial charge < -0.3 is 11.1 Å². The van der Waals surface area contributed by atoms with Crippen LogP contribution in [0.5, 0.6) is 0 Å². The third-order valence-electron chi connectivity index (χ3n) is 2.98. The summed E-state index contributed by atoms with van der Waals surface area (Å²) in [6.45, 7) is 1.73. The van der Waals surface area contributed by atoms with Crippen molar-refractivity contribution in [3.63, 3.8) is 0 Å². The number of amides is 1. The van der Waals surface area contributed by atoms with E-state index in [2.05, 4.69) is 5.32 Å². The second kappa shape index (κ2) is 5.92. The smallest absolute Gasteiger partial charge is 0.244 e. The Kier molecular flexibility index (Phi) is 4.25. The molecule has 1 atom stereocenters. The number of hydrogen-bond acceptors (Lipinski definition) is 2. The molecule has 0 saturated heterocycles. The highest BCUT2D eigenvalue weighted by Crippen LogP contribution is 2.24. The highest BCUT2D eigenvalue weighted by atomic mass is 35.5. The van der Waals surface area contributed by atoms with Gasteiger partial charge in [0, 0.05) is 10.7 Å². The molecule has 0 bridgehead atoms. The summed E-state index contributed by atoms with van der Waals surface area (Å²) >= 11 is 5.81. The number of halogens is 2. The predicted molar refractivity (Wildman–Crippen MR) is 78.1 cm³/mol. The summed E-state index contributed by atoms with van der Waals surface area (Å²) < 4.78 is 13.1. The molecule has 2 rings (SSSR count). The molecule has 0 fully saturated rings. The zero-order chi connectivity index (χ0) is 14.7. The van der Waals surface area contributed by atoms with E-state index in [0.717, 1.165) is 0 Å². The second-order valence-corrected chi connectivity index (χ2v) is 4.92. The molecule has 0 saturated carbocycles. The first-order chi connectivity index (χ1) is 9.47. The van der Waals surface area contributed by atoms with E-state index < -0.39 is 11.9 Å². The zero-order valence-electron chi connectivity index (χ0n) is 10.9. The van der Waals surface area contributed by atoms with Crippen LogP contribution in [-0.4, -0.2) is 5.91 Å². The summed E-state index contributed by atoms with van der Waals surface area (Å²) in [5, 5.41) is 3.63. The highest BCUT2D eigenvalue weighted by molar-refractivity contribution is 6.30. The van der Waals surface area contributed by atoms with Crippen molar-refractivity contribution in [3.05, 3.63) is 64.4 Å². The number of carbonyl (C=O) groups excluding carboxylic acids is 1. The van der Waals surface area contributed by atoms with Gasteiger partial charge in [-0.2, -0.15) is 0 Å². The quantitative estimate of drug-likeness (QED) is 0.907. The Morgan fingerprint density at radius 3 is 2.45 bits per heavy atom. The SMILES string of the molecule is Cc1cc(F)ccc1C(Nc1ccc(Cl)cc1)C(N)=O. The molecule has 1 unspecified atom stereocenters. The van der Waals surface area contributed by atoms with Gasteiger partial charge >= 0.3 is 0 Å². The van der Waals surface area contributed by atoms with E-state index in [1.807, 2.05) is 0 Å². The summed E-state index contributed by atoms with van der Waals surface area (Å²) in [5.74, 6) is -0.879. The van der Waals surface area contributed by atoms with Crippen molar-refractivity contribution >= 4 is 23.2 Å². The van der Waals surface area contributed by atoms with Crippen LogP contribution in [0.25, 0.3) is 0 Å². The van der Waals surface area contributed by atoms with Crippen LogP contribution in [-0.2, 0) is 4.79 Å². The fourth-order valence-electron chi connectivity index (χ4n) is 1.98. The lowest BCUT2D eigenvalue weighted by atomic mass is 10.0. The third kappa shape index (κ3) is 3.27. The van der Waals surface area contributed by atoms with Crippen LogP contribution in [0.2, 0.25) is 5.02 Å². The molecule has 0 spiro atoms. The first kappa shape index (κ1) is 14.3. The van der Waals surface area contributed by atoms with E-state index in [-0.39, 0.29) is 5.82 Å². The molecule has 0 aromatic heterocycles. The average Bonchev–Trinajstić information content (AvgIpc) is 2.39. The van der Waals surface area contributed by atoms with Gasteiger partial charge in [-0.15, -0.1) is 0 Å². The lowest BCUT2D eigenvalue weighted by Crippen LogP contribution is -2.28. The van der Waals surface area contributed by atoms with Crippen LogP contribution in [0.15, 0.2) is 42.5 Å². The standard InChI is InChI=1S/C15H14ClFN2O/c1-9-8-11(17)4-7-13(9)14(15(18)20)19-12-5-2-10(16)3-6-12/h2-8,14,19H,1H3,(H2,18,20). The highest BCUT2D eigenvalue weighted by Gasteiger charge is 2.19. The van der Waals surface area contributed by atoms with E-state index in [0.29, 0.717) is 21.8 Å². The molecule has 0 aliphatic heterocycles. The molecule has 5 heteroatoms. The fraction of sp³-hybridized carbons (Fsp3) is 0.133. The van der Waals surface area contributed by atoms with Gasteiger partial charge in [0.05, 0.1) is 0 Å². The number of anilines is 1. The van der Waals surface area contributed by atoms with Crippen LogP contribution in [0.4, 0.5) is 10.1 Å². The van der Waals surface area contributed by atoms with Gasteiger partial charge in [-0.1, -0.05) is 17.7 Å². The molecule has 0 radical (unpaired) electrons. The summed E-state index contributed by atoms with van der Waals surface area (Å²) in [5.41, 5.74) is 7.45. The van der Waals surface area contributed by atoms with E-state index in [1.54, 1.807) is 37.3 Å². The topological polar surface area (TPSA) is 55.1 Å². The molecular weight excluding hydrogens is 279 g/mol. The maximum Gasteiger partial charge on any atom is 0.244 e. The van der Waals surface area contributed by atoms with Gasteiger partial charge in [-0.3, -0.25) is 4.79 Å². The fourth-order valence-corrected chi connectivity index (χ4v) is 2.10. The van der Waals surface area contributed by atoms with E-state index >= 15 is 0 Å². The number of nitrogens with one attached hydrogen (secondary N) is 1. The summed E-state index contributed by atoms with van der Waals surface area (Å²) in [7, 11) is 0. The van der Waals surface area contributed by atoms with E-state index in [1.165, 1.54) is 12.1 Å². The molecule has 1 amide bonds. The number of hydrogen-bond donors (Lipinski definition) is 2. The molecule has 104 valence electrons. The Bertz CT molecular complexity index is 628. The number of benzene rings is 2.